The van der Waals surface area contributed by atoms with E-state index >= 15 is 0 Å². The van der Waals surface area contributed by atoms with Crippen LogP contribution in [0, 0.1) is 6.92 Å². The second-order valence-electron chi connectivity index (χ2n) is 3.39. The lowest BCUT2D eigenvalue weighted by Gasteiger charge is -2.03. The molecule has 0 aliphatic carbocycles. The van der Waals surface area contributed by atoms with Crippen LogP contribution >= 0.6 is 23.2 Å². The normalized spacial score (nSPS) is 10.7. The second kappa shape index (κ2) is 3.88. The molecule has 0 unspecified atom stereocenters. The van der Waals surface area contributed by atoms with Crippen molar-refractivity contribution >= 4 is 29.0 Å². The molecular formula is C10H10Cl2N4. The SMILES string of the molecule is Cc1nc(-c2ccc(Cl)cc2Cl)c(N)n1N. The van der Waals surface area contributed by atoms with Crippen LogP contribution in [0.15, 0.2) is 18.2 Å². The Morgan fingerprint density at radius 3 is 2.50 bits per heavy atom. The van der Waals surface area contributed by atoms with E-state index in [9.17, 15) is 0 Å². The van der Waals surface area contributed by atoms with Gasteiger partial charge in [0.25, 0.3) is 0 Å². The van der Waals surface area contributed by atoms with Gasteiger partial charge in [-0.1, -0.05) is 23.2 Å². The smallest absolute Gasteiger partial charge is 0.150 e. The molecule has 1 aromatic carbocycles. The number of nitrogens with zero attached hydrogens (tertiary/aromatic N) is 2. The molecule has 84 valence electrons. The van der Waals surface area contributed by atoms with E-state index in [-0.39, 0.29) is 0 Å². The van der Waals surface area contributed by atoms with Crippen molar-refractivity contribution in [2.45, 2.75) is 6.92 Å². The molecule has 0 saturated heterocycles. The number of anilines is 1. The van der Waals surface area contributed by atoms with Crippen molar-refractivity contribution < 1.29 is 0 Å². The molecule has 4 nitrogen and oxygen atoms in total. The summed E-state index contributed by atoms with van der Waals surface area (Å²) in [4.78, 5) is 4.26. The standard InChI is InChI=1S/C10H10Cl2N4/c1-5-15-9(10(13)16(5)14)7-3-2-6(11)4-8(7)12/h2-4H,13-14H2,1H3. The molecule has 0 aliphatic rings. The second-order valence-corrected chi connectivity index (χ2v) is 4.23. The highest BCUT2D eigenvalue weighted by atomic mass is 35.5. The number of nitrogen functional groups attached to an aromatic ring is 2. The van der Waals surface area contributed by atoms with Crippen LogP contribution in [0.25, 0.3) is 11.3 Å². The van der Waals surface area contributed by atoms with E-state index in [0.29, 0.717) is 27.4 Å². The molecule has 6 heteroatoms. The zero-order chi connectivity index (χ0) is 11.9. The molecule has 0 saturated carbocycles. The van der Waals surface area contributed by atoms with Gasteiger partial charge >= 0.3 is 0 Å². The third-order valence-corrected chi connectivity index (χ3v) is 2.86. The van der Waals surface area contributed by atoms with Gasteiger partial charge in [-0.3, -0.25) is 0 Å². The molecule has 0 fully saturated rings. The van der Waals surface area contributed by atoms with Crippen molar-refractivity contribution in [1.29, 1.82) is 0 Å². The van der Waals surface area contributed by atoms with Gasteiger partial charge in [-0.05, 0) is 25.1 Å². The maximum absolute atomic E-state index is 6.07. The van der Waals surface area contributed by atoms with Crippen molar-refractivity contribution in [2.75, 3.05) is 11.6 Å². The number of hydrogen-bond acceptors (Lipinski definition) is 3. The van der Waals surface area contributed by atoms with E-state index in [1.54, 1.807) is 25.1 Å². The minimum atomic E-state index is 0.377. The Hall–Kier alpha value is -1.39. The van der Waals surface area contributed by atoms with Crippen molar-refractivity contribution in [2.24, 2.45) is 0 Å². The van der Waals surface area contributed by atoms with Crippen LogP contribution in [0.4, 0.5) is 5.82 Å². The molecule has 0 atom stereocenters. The third-order valence-electron chi connectivity index (χ3n) is 2.31. The minimum Gasteiger partial charge on any atom is -0.382 e. The molecule has 2 rings (SSSR count). The van der Waals surface area contributed by atoms with Crippen LogP contribution in [-0.4, -0.2) is 9.66 Å². The molecule has 1 aromatic heterocycles. The summed E-state index contributed by atoms with van der Waals surface area (Å²) < 4.78 is 1.32. The summed E-state index contributed by atoms with van der Waals surface area (Å²) in [5.74, 6) is 6.68. The number of imidazole rings is 1. The number of nitrogens with two attached hydrogens (primary N) is 2. The first-order valence-corrected chi connectivity index (χ1v) is 5.31. The van der Waals surface area contributed by atoms with E-state index < -0.39 is 0 Å². The summed E-state index contributed by atoms with van der Waals surface area (Å²) in [5, 5.41) is 1.06. The Balaban J connectivity index is 2.63. The fourth-order valence-electron chi connectivity index (χ4n) is 1.44. The van der Waals surface area contributed by atoms with Crippen LogP contribution in [0.5, 0.6) is 0 Å². The molecule has 0 aliphatic heterocycles. The average Bonchev–Trinajstić information content (AvgIpc) is 2.46. The number of rotatable bonds is 1. The highest BCUT2D eigenvalue weighted by Gasteiger charge is 2.14. The molecule has 0 radical (unpaired) electrons. The molecule has 1 heterocycles. The van der Waals surface area contributed by atoms with Crippen LogP contribution in [0.1, 0.15) is 5.82 Å². The number of aromatic nitrogens is 2. The van der Waals surface area contributed by atoms with Gasteiger partial charge in [0.05, 0.1) is 5.02 Å². The first-order valence-electron chi connectivity index (χ1n) is 4.56. The molecule has 2 aromatic rings. The lowest BCUT2D eigenvalue weighted by molar-refractivity contribution is 0.937. The Morgan fingerprint density at radius 1 is 1.31 bits per heavy atom. The topological polar surface area (TPSA) is 69.9 Å². The third kappa shape index (κ3) is 1.70. The highest BCUT2D eigenvalue weighted by molar-refractivity contribution is 6.36. The van der Waals surface area contributed by atoms with Crippen molar-refractivity contribution in [3.05, 3.63) is 34.1 Å². The monoisotopic (exact) mass is 256 g/mol. The van der Waals surface area contributed by atoms with Crippen LogP contribution in [-0.2, 0) is 0 Å². The number of hydrogen-bond donors (Lipinski definition) is 2. The van der Waals surface area contributed by atoms with E-state index in [4.69, 9.17) is 34.8 Å². The fourth-order valence-corrected chi connectivity index (χ4v) is 1.94. The highest BCUT2D eigenvalue weighted by Crippen LogP contribution is 2.32. The van der Waals surface area contributed by atoms with Crippen molar-refractivity contribution in [3.8, 4) is 11.3 Å². The van der Waals surface area contributed by atoms with E-state index in [2.05, 4.69) is 4.98 Å². The largest absolute Gasteiger partial charge is 0.382 e. The van der Waals surface area contributed by atoms with Gasteiger partial charge in [0.1, 0.15) is 11.5 Å². The molecular weight excluding hydrogens is 247 g/mol. The van der Waals surface area contributed by atoms with E-state index in [1.165, 1.54) is 4.68 Å². The molecule has 0 bridgehead atoms. The van der Waals surface area contributed by atoms with Gasteiger partial charge in [0.15, 0.2) is 5.82 Å². The van der Waals surface area contributed by atoms with Gasteiger partial charge < -0.3 is 11.6 Å². The number of halogens is 2. The summed E-state index contributed by atoms with van der Waals surface area (Å²) >= 11 is 11.9. The lowest BCUT2D eigenvalue weighted by atomic mass is 10.1. The van der Waals surface area contributed by atoms with Gasteiger partial charge in [-0.2, -0.15) is 0 Å². The van der Waals surface area contributed by atoms with Crippen molar-refractivity contribution in [1.82, 2.24) is 9.66 Å². The summed E-state index contributed by atoms with van der Waals surface area (Å²) in [6.45, 7) is 1.77. The first kappa shape index (κ1) is 11.1. The van der Waals surface area contributed by atoms with Crippen LogP contribution < -0.4 is 11.6 Å². The Morgan fingerprint density at radius 2 is 2.00 bits per heavy atom. The maximum atomic E-state index is 6.07. The number of aryl methyl sites for hydroxylation is 1. The summed E-state index contributed by atoms with van der Waals surface area (Å²) in [6.07, 6.45) is 0. The number of benzene rings is 1. The average molecular weight is 257 g/mol. The maximum Gasteiger partial charge on any atom is 0.150 e. The Kier molecular flexibility index (Phi) is 2.69. The quantitative estimate of drug-likeness (QED) is 0.771. The molecule has 0 amide bonds. The predicted molar refractivity (Wildman–Crippen MR) is 67.0 cm³/mol. The van der Waals surface area contributed by atoms with E-state index in [0.717, 1.165) is 5.56 Å². The van der Waals surface area contributed by atoms with Crippen LogP contribution in [0.2, 0.25) is 10.0 Å². The predicted octanol–water partition coefficient (Wildman–Crippen LogP) is 2.46. The molecule has 0 spiro atoms. The van der Waals surface area contributed by atoms with Gasteiger partial charge in [0, 0.05) is 10.6 Å². The fraction of sp³-hybridized carbons (Fsp3) is 0.100. The summed E-state index contributed by atoms with van der Waals surface area (Å²) in [7, 11) is 0. The zero-order valence-corrected chi connectivity index (χ0v) is 10.0. The lowest BCUT2D eigenvalue weighted by Crippen LogP contribution is -2.13. The molecule has 4 N–H and O–H groups in total. The van der Waals surface area contributed by atoms with Gasteiger partial charge in [-0.15, -0.1) is 0 Å². The molecule has 16 heavy (non-hydrogen) atoms. The summed E-state index contributed by atoms with van der Waals surface area (Å²) in [6, 6.07) is 5.14. The Bertz CT molecular complexity index is 548. The Labute approximate surface area is 103 Å². The minimum absolute atomic E-state index is 0.377. The zero-order valence-electron chi connectivity index (χ0n) is 8.54. The van der Waals surface area contributed by atoms with E-state index in [1.807, 2.05) is 0 Å². The van der Waals surface area contributed by atoms with Gasteiger partial charge in [0.2, 0.25) is 0 Å². The first-order chi connectivity index (χ1) is 7.50. The summed E-state index contributed by atoms with van der Waals surface area (Å²) in [5.41, 5.74) is 7.12. The van der Waals surface area contributed by atoms with Gasteiger partial charge in [-0.25, -0.2) is 9.66 Å². The van der Waals surface area contributed by atoms with Crippen LogP contribution in [0.3, 0.4) is 0 Å². The van der Waals surface area contributed by atoms with Crippen molar-refractivity contribution in [3.63, 3.8) is 0 Å².